The molecule has 2 amide bonds. The van der Waals surface area contributed by atoms with Gasteiger partial charge in [0.05, 0.1) is 17.0 Å². The van der Waals surface area contributed by atoms with E-state index in [0.29, 0.717) is 30.0 Å². The number of anilines is 2. The van der Waals surface area contributed by atoms with E-state index in [2.05, 4.69) is 5.32 Å². The molecule has 2 aliphatic rings. The minimum absolute atomic E-state index is 0.0326. The molecule has 154 valence electrons. The second-order valence-corrected chi connectivity index (χ2v) is 8.24. The molecule has 1 N–H and O–H groups in total. The van der Waals surface area contributed by atoms with Crippen LogP contribution in [0.4, 0.5) is 11.4 Å². The van der Waals surface area contributed by atoms with Crippen molar-refractivity contribution < 1.29 is 23.9 Å². The minimum Gasteiger partial charge on any atom is -0.451 e. The van der Waals surface area contributed by atoms with E-state index in [1.165, 1.54) is 25.6 Å². The van der Waals surface area contributed by atoms with Gasteiger partial charge in [-0.15, -0.1) is 11.8 Å². The van der Waals surface area contributed by atoms with Crippen LogP contribution in [0.3, 0.4) is 0 Å². The number of thioether (sulfide) groups is 1. The van der Waals surface area contributed by atoms with Crippen molar-refractivity contribution in [2.24, 2.45) is 0 Å². The van der Waals surface area contributed by atoms with E-state index < -0.39 is 12.1 Å². The Bertz CT molecular complexity index is 1080. The monoisotopic (exact) mass is 424 g/mol. The molecule has 2 aromatic rings. The van der Waals surface area contributed by atoms with Crippen molar-refractivity contribution in [1.29, 1.82) is 0 Å². The van der Waals surface area contributed by atoms with Gasteiger partial charge in [0.2, 0.25) is 17.6 Å². The molecule has 2 heterocycles. The summed E-state index contributed by atoms with van der Waals surface area (Å²) in [5.74, 6) is -0.759. The van der Waals surface area contributed by atoms with Crippen LogP contribution in [-0.2, 0) is 20.7 Å². The number of rotatable bonds is 4. The topological polar surface area (TPSA) is 92.8 Å². The summed E-state index contributed by atoms with van der Waals surface area (Å²) >= 11 is 1.40. The summed E-state index contributed by atoms with van der Waals surface area (Å²) in [4.78, 5) is 51.1. The molecule has 0 saturated carbocycles. The molecule has 0 spiro atoms. The molecule has 30 heavy (non-hydrogen) atoms. The number of esters is 1. The van der Waals surface area contributed by atoms with Crippen LogP contribution in [0.25, 0.3) is 0 Å². The summed E-state index contributed by atoms with van der Waals surface area (Å²) in [5.41, 5.74) is 3.02. The third-order valence-electron chi connectivity index (χ3n) is 5.14. The van der Waals surface area contributed by atoms with Crippen LogP contribution in [0.2, 0.25) is 0 Å². The number of nitrogens with zero attached hydrogens (tertiary/aromatic N) is 1. The van der Waals surface area contributed by atoms with Crippen molar-refractivity contribution in [3.63, 3.8) is 0 Å². The van der Waals surface area contributed by atoms with Gasteiger partial charge in [-0.3, -0.25) is 14.4 Å². The first-order chi connectivity index (χ1) is 14.3. The van der Waals surface area contributed by atoms with Gasteiger partial charge in [-0.05, 0) is 55.3 Å². The quantitative estimate of drug-likeness (QED) is 0.599. The molecule has 0 radical (unpaired) electrons. The first-order valence-corrected chi connectivity index (χ1v) is 10.5. The first-order valence-electron chi connectivity index (χ1n) is 9.56. The predicted molar refractivity (Wildman–Crippen MR) is 113 cm³/mol. The number of hydrogen-bond acceptors (Lipinski definition) is 6. The second-order valence-electron chi connectivity index (χ2n) is 7.22. The normalized spacial score (nSPS) is 15.7. The summed E-state index contributed by atoms with van der Waals surface area (Å²) in [6, 6.07) is 10.1. The first kappa shape index (κ1) is 20.2. The standard InChI is InChI=1S/C22H20N2O5S/c1-12(21(27)15-3-5-18-14(9-15)7-8-24(18)13(2)25)29-22(28)16-4-6-19-17(10-16)23-20(26)11-30-19/h3-6,9-10,12H,7-8,11H2,1-2H3,(H,23,26). The Labute approximate surface area is 177 Å². The number of nitrogens with one attached hydrogen (secondary N) is 1. The molecule has 2 aliphatic heterocycles. The van der Waals surface area contributed by atoms with Gasteiger partial charge in [-0.1, -0.05) is 0 Å². The van der Waals surface area contributed by atoms with Gasteiger partial charge in [0.1, 0.15) is 0 Å². The van der Waals surface area contributed by atoms with Gasteiger partial charge in [0.15, 0.2) is 6.10 Å². The van der Waals surface area contributed by atoms with Crippen molar-refractivity contribution in [2.75, 3.05) is 22.5 Å². The largest absolute Gasteiger partial charge is 0.451 e. The molecule has 8 heteroatoms. The SMILES string of the molecule is CC(=O)N1CCc2cc(C(=O)C(C)OC(=O)c3ccc4c(c3)NC(=O)CS4)ccc21. The van der Waals surface area contributed by atoms with Crippen LogP contribution in [-0.4, -0.2) is 42.0 Å². The van der Waals surface area contributed by atoms with Gasteiger partial charge in [-0.2, -0.15) is 0 Å². The molecule has 7 nitrogen and oxygen atoms in total. The Morgan fingerprint density at radius 1 is 1.13 bits per heavy atom. The van der Waals surface area contributed by atoms with Crippen molar-refractivity contribution in [3.8, 4) is 0 Å². The molecule has 1 atom stereocenters. The molecule has 1 unspecified atom stereocenters. The Morgan fingerprint density at radius 3 is 2.67 bits per heavy atom. The lowest BCUT2D eigenvalue weighted by Gasteiger charge is -2.18. The highest BCUT2D eigenvalue weighted by Gasteiger charge is 2.26. The number of hydrogen-bond donors (Lipinski definition) is 1. The number of ether oxygens (including phenoxy) is 1. The van der Waals surface area contributed by atoms with Crippen molar-refractivity contribution in [3.05, 3.63) is 53.1 Å². The van der Waals surface area contributed by atoms with Gasteiger partial charge in [0, 0.05) is 29.6 Å². The molecular weight excluding hydrogens is 404 g/mol. The summed E-state index contributed by atoms with van der Waals surface area (Å²) < 4.78 is 5.38. The number of fused-ring (bicyclic) bond motifs is 2. The van der Waals surface area contributed by atoms with E-state index in [1.54, 1.807) is 41.3 Å². The average Bonchev–Trinajstić information content (AvgIpc) is 3.16. The lowest BCUT2D eigenvalue weighted by atomic mass is 10.0. The summed E-state index contributed by atoms with van der Waals surface area (Å²) in [6.07, 6.45) is -0.288. The smallest absolute Gasteiger partial charge is 0.338 e. The molecule has 0 aliphatic carbocycles. The molecule has 0 aromatic heterocycles. The summed E-state index contributed by atoms with van der Waals surface area (Å²) in [6.45, 7) is 3.64. The maximum atomic E-state index is 12.8. The van der Waals surface area contributed by atoms with Crippen LogP contribution in [0.1, 0.15) is 40.1 Å². The number of benzene rings is 2. The maximum absolute atomic E-state index is 12.8. The van der Waals surface area contributed by atoms with Crippen LogP contribution in [0, 0.1) is 0 Å². The van der Waals surface area contributed by atoms with E-state index >= 15 is 0 Å². The van der Waals surface area contributed by atoms with Gasteiger partial charge >= 0.3 is 5.97 Å². The minimum atomic E-state index is -0.971. The molecule has 4 rings (SSSR count). The van der Waals surface area contributed by atoms with Crippen molar-refractivity contribution in [2.45, 2.75) is 31.3 Å². The van der Waals surface area contributed by atoms with E-state index in [9.17, 15) is 19.2 Å². The number of ketones is 1. The van der Waals surface area contributed by atoms with E-state index in [1.807, 2.05) is 0 Å². The van der Waals surface area contributed by atoms with Crippen LogP contribution < -0.4 is 10.2 Å². The highest BCUT2D eigenvalue weighted by molar-refractivity contribution is 8.00. The maximum Gasteiger partial charge on any atom is 0.338 e. The zero-order valence-corrected chi connectivity index (χ0v) is 17.4. The third-order valence-corrected chi connectivity index (χ3v) is 6.21. The van der Waals surface area contributed by atoms with Gasteiger partial charge in [0.25, 0.3) is 0 Å². The van der Waals surface area contributed by atoms with E-state index in [0.717, 1.165) is 16.1 Å². The zero-order valence-electron chi connectivity index (χ0n) is 16.6. The third kappa shape index (κ3) is 3.82. The molecule has 0 fully saturated rings. The Balaban J connectivity index is 1.46. The van der Waals surface area contributed by atoms with Gasteiger partial charge in [-0.25, -0.2) is 4.79 Å². The Hall–Kier alpha value is -3.13. The molecule has 0 saturated heterocycles. The number of Topliss-reactive ketones (excluding diaryl/α,β-unsaturated/α-hetero) is 1. The summed E-state index contributed by atoms with van der Waals surface area (Å²) in [7, 11) is 0. The van der Waals surface area contributed by atoms with Crippen molar-refractivity contribution in [1.82, 2.24) is 0 Å². The number of carbonyl (C=O) groups is 4. The lowest BCUT2D eigenvalue weighted by molar-refractivity contribution is -0.116. The fourth-order valence-electron chi connectivity index (χ4n) is 3.61. The number of carbonyl (C=O) groups excluding carboxylic acids is 4. The number of amides is 2. The summed E-state index contributed by atoms with van der Waals surface area (Å²) in [5, 5.41) is 2.73. The van der Waals surface area contributed by atoms with Crippen LogP contribution in [0.5, 0.6) is 0 Å². The molecule has 0 bridgehead atoms. The van der Waals surface area contributed by atoms with Gasteiger partial charge < -0.3 is 15.0 Å². The Morgan fingerprint density at radius 2 is 1.90 bits per heavy atom. The molecular formula is C22H20N2O5S. The second kappa shape index (κ2) is 7.95. The van der Waals surface area contributed by atoms with E-state index in [-0.39, 0.29) is 23.2 Å². The highest BCUT2D eigenvalue weighted by atomic mass is 32.2. The fourth-order valence-corrected chi connectivity index (χ4v) is 4.40. The fraction of sp³-hybridized carbons (Fsp3) is 0.273. The lowest BCUT2D eigenvalue weighted by Crippen LogP contribution is -2.26. The van der Waals surface area contributed by atoms with Crippen molar-refractivity contribution >= 4 is 46.7 Å². The highest BCUT2D eigenvalue weighted by Crippen LogP contribution is 2.32. The Kier molecular flexibility index (Phi) is 5.34. The van der Waals surface area contributed by atoms with Crippen LogP contribution >= 0.6 is 11.8 Å². The van der Waals surface area contributed by atoms with E-state index in [4.69, 9.17) is 4.74 Å². The zero-order chi connectivity index (χ0) is 21.4. The predicted octanol–water partition coefficient (Wildman–Crippen LogP) is 3.07. The average molecular weight is 424 g/mol. The van der Waals surface area contributed by atoms with Crippen LogP contribution in [0.15, 0.2) is 41.3 Å². The molecule has 2 aromatic carbocycles.